The fourth-order valence-corrected chi connectivity index (χ4v) is 2.85. The highest BCUT2D eigenvalue weighted by Gasteiger charge is 2.22. The molecule has 0 aliphatic rings. The Morgan fingerprint density at radius 2 is 1.78 bits per heavy atom. The Balaban J connectivity index is 1.90. The fourth-order valence-electron chi connectivity index (χ4n) is 2.13. The second-order valence-electron chi connectivity index (χ2n) is 4.82. The molecule has 2 heterocycles. The number of hydrogen-bond acceptors (Lipinski definition) is 1. The van der Waals surface area contributed by atoms with Gasteiger partial charge in [-0.25, -0.2) is 18.5 Å². The van der Waals surface area contributed by atoms with E-state index in [1.165, 1.54) is 12.4 Å². The Bertz CT molecular complexity index is 859. The number of halogens is 5. The van der Waals surface area contributed by atoms with Crippen molar-refractivity contribution in [2.75, 3.05) is 0 Å². The average molecular weight is 395 g/mol. The minimum Gasteiger partial charge on any atom is -0.282 e. The summed E-state index contributed by atoms with van der Waals surface area (Å²) >= 11 is 24.3. The van der Waals surface area contributed by atoms with Gasteiger partial charge in [0.1, 0.15) is 18.7 Å². The van der Waals surface area contributed by atoms with Crippen LogP contribution in [0.15, 0.2) is 36.9 Å². The fraction of sp³-hybridized carbons (Fsp3) is 0.143. The van der Waals surface area contributed by atoms with Crippen LogP contribution in [0.4, 0.5) is 4.39 Å². The number of nitrogens with zero attached hydrogens (tertiary/aromatic N) is 4. The van der Waals surface area contributed by atoms with E-state index in [0.717, 1.165) is 0 Å². The molecule has 0 spiro atoms. The molecule has 4 nitrogen and oxygen atoms in total. The van der Waals surface area contributed by atoms with Gasteiger partial charge in [0, 0.05) is 5.56 Å². The first-order chi connectivity index (χ1) is 11.0. The maximum atomic E-state index is 13.8. The molecule has 3 rings (SSSR count). The highest BCUT2D eigenvalue weighted by molar-refractivity contribution is 6.40. The van der Waals surface area contributed by atoms with E-state index < -0.39 is 0 Å². The van der Waals surface area contributed by atoms with Crippen LogP contribution in [0, 0.1) is 5.82 Å². The predicted molar refractivity (Wildman–Crippen MR) is 87.8 cm³/mol. The molecule has 0 aliphatic heterocycles. The Kier molecular flexibility index (Phi) is 4.82. The zero-order chi connectivity index (χ0) is 16.6. The molecule has 0 amide bonds. The minimum absolute atomic E-state index is 0.209. The molecule has 23 heavy (non-hydrogen) atoms. The lowest BCUT2D eigenvalue weighted by Crippen LogP contribution is -2.36. The lowest BCUT2D eigenvalue weighted by Gasteiger charge is -2.01. The summed E-state index contributed by atoms with van der Waals surface area (Å²) in [7, 11) is 0. The Hall–Kier alpha value is -1.27. The van der Waals surface area contributed by atoms with Crippen molar-refractivity contribution >= 4 is 46.4 Å². The highest BCUT2D eigenvalue weighted by Crippen LogP contribution is 2.22. The predicted octanol–water partition coefficient (Wildman–Crippen LogP) is 4.28. The van der Waals surface area contributed by atoms with Gasteiger partial charge < -0.3 is 0 Å². The first-order valence-electron chi connectivity index (χ1n) is 6.50. The first-order valence-corrected chi connectivity index (χ1v) is 8.01. The van der Waals surface area contributed by atoms with E-state index in [2.05, 4.69) is 4.98 Å². The first kappa shape index (κ1) is 16.6. The van der Waals surface area contributed by atoms with Crippen molar-refractivity contribution in [2.45, 2.75) is 13.2 Å². The molecular weight excluding hydrogens is 385 g/mol. The van der Waals surface area contributed by atoms with Crippen LogP contribution in [0.5, 0.6) is 0 Å². The monoisotopic (exact) mass is 393 g/mol. The van der Waals surface area contributed by atoms with Crippen LogP contribution in [0.3, 0.4) is 0 Å². The average Bonchev–Trinajstić information content (AvgIpc) is 2.98. The molecule has 0 unspecified atom stereocenters. The third kappa shape index (κ3) is 3.33. The van der Waals surface area contributed by atoms with Crippen LogP contribution in [-0.4, -0.2) is 14.1 Å². The second kappa shape index (κ2) is 6.69. The molecule has 1 aromatic carbocycles. The molecule has 3 aromatic rings. The summed E-state index contributed by atoms with van der Waals surface area (Å²) < 4.78 is 18.7. The van der Waals surface area contributed by atoms with Gasteiger partial charge in [-0.3, -0.25) is 4.57 Å². The summed E-state index contributed by atoms with van der Waals surface area (Å²) in [5.41, 5.74) is 0.511. The van der Waals surface area contributed by atoms with Crippen LogP contribution >= 0.6 is 46.4 Å². The van der Waals surface area contributed by atoms with Gasteiger partial charge in [-0.1, -0.05) is 41.4 Å². The van der Waals surface area contributed by atoms with E-state index in [0.29, 0.717) is 21.0 Å². The van der Waals surface area contributed by atoms with Crippen molar-refractivity contribution in [1.82, 2.24) is 14.1 Å². The van der Waals surface area contributed by atoms with Crippen molar-refractivity contribution in [2.24, 2.45) is 0 Å². The maximum Gasteiger partial charge on any atom is 0.256 e. The number of benzene rings is 1. The summed E-state index contributed by atoms with van der Waals surface area (Å²) in [6.07, 6.45) is 3.18. The van der Waals surface area contributed by atoms with E-state index in [1.54, 1.807) is 38.2 Å². The van der Waals surface area contributed by atoms with Gasteiger partial charge in [0.25, 0.3) is 10.3 Å². The lowest BCUT2D eigenvalue weighted by molar-refractivity contribution is -0.698. The molecule has 0 bridgehead atoms. The molecule has 0 saturated heterocycles. The van der Waals surface area contributed by atoms with Gasteiger partial charge in [0.05, 0.1) is 0 Å². The van der Waals surface area contributed by atoms with Crippen molar-refractivity contribution in [3.8, 4) is 0 Å². The van der Waals surface area contributed by atoms with E-state index in [9.17, 15) is 4.39 Å². The molecule has 0 atom stereocenters. The largest absolute Gasteiger partial charge is 0.282 e. The smallest absolute Gasteiger partial charge is 0.256 e. The van der Waals surface area contributed by atoms with Gasteiger partial charge in [-0.2, -0.15) is 0 Å². The summed E-state index contributed by atoms with van der Waals surface area (Å²) in [6, 6.07) is 6.48. The van der Waals surface area contributed by atoms with E-state index >= 15 is 0 Å². The topological polar surface area (TPSA) is 26.6 Å². The normalized spacial score (nSPS) is 11.2. The number of rotatable bonds is 4. The van der Waals surface area contributed by atoms with Gasteiger partial charge in [0.2, 0.25) is 6.33 Å². The summed E-state index contributed by atoms with van der Waals surface area (Å²) in [4.78, 5) is 3.90. The molecule has 0 radical (unpaired) electrons. The van der Waals surface area contributed by atoms with Gasteiger partial charge >= 0.3 is 0 Å². The van der Waals surface area contributed by atoms with Crippen LogP contribution in [0.25, 0.3) is 0 Å². The molecule has 0 aliphatic carbocycles. The molecule has 120 valence electrons. The van der Waals surface area contributed by atoms with E-state index in [-0.39, 0.29) is 24.2 Å². The van der Waals surface area contributed by atoms with Gasteiger partial charge in [-0.15, -0.1) is 0 Å². The van der Waals surface area contributed by atoms with Crippen LogP contribution in [0.2, 0.25) is 20.6 Å². The molecule has 9 heteroatoms. The number of imidazole rings is 2. The third-order valence-corrected chi connectivity index (χ3v) is 4.95. The van der Waals surface area contributed by atoms with Crippen molar-refractivity contribution in [1.29, 1.82) is 0 Å². The zero-order valence-corrected chi connectivity index (χ0v) is 14.6. The molecule has 0 N–H and O–H groups in total. The molecule has 0 fully saturated rings. The van der Waals surface area contributed by atoms with E-state index in [4.69, 9.17) is 46.4 Å². The summed E-state index contributed by atoms with van der Waals surface area (Å²) in [5, 5.41) is 1.12. The number of hydrogen-bond donors (Lipinski definition) is 0. The summed E-state index contributed by atoms with van der Waals surface area (Å²) in [6.45, 7) is 0.540. The van der Waals surface area contributed by atoms with Crippen LogP contribution in [0.1, 0.15) is 5.56 Å². The van der Waals surface area contributed by atoms with Gasteiger partial charge in [0.15, 0.2) is 17.0 Å². The maximum absolute atomic E-state index is 13.8. The van der Waals surface area contributed by atoms with Crippen LogP contribution in [-0.2, 0) is 13.2 Å². The van der Waals surface area contributed by atoms with E-state index in [1.807, 2.05) is 0 Å². The van der Waals surface area contributed by atoms with Gasteiger partial charge in [-0.05, 0) is 29.3 Å². The highest BCUT2D eigenvalue weighted by atomic mass is 35.5. The minimum atomic E-state index is -0.302. The van der Waals surface area contributed by atoms with Crippen LogP contribution < -0.4 is 4.57 Å². The zero-order valence-electron chi connectivity index (χ0n) is 11.6. The van der Waals surface area contributed by atoms with Crippen molar-refractivity contribution in [3.05, 3.63) is 68.9 Å². The molecule has 2 aromatic heterocycles. The molecule has 0 saturated carbocycles. The van der Waals surface area contributed by atoms with Crippen molar-refractivity contribution < 1.29 is 8.96 Å². The molecular formula is C14H10Cl4FN4+. The lowest BCUT2D eigenvalue weighted by atomic mass is 10.2. The standard InChI is InChI=1S/C14H10Cl4FN4/c15-11-12(16)22(6-20-11)8-23-7-21(13(17)14(23)18)5-9-3-1-2-4-10(9)19/h1-4,6-7H,5,8H2/q+1. The summed E-state index contributed by atoms with van der Waals surface area (Å²) in [5.74, 6) is -0.302. The Labute approximate surface area is 151 Å². The Morgan fingerprint density at radius 3 is 2.43 bits per heavy atom. The third-order valence-electron chi connectivity index (χ3n) is 3.29. The SMILES string of the molecule is Fc1ccccc1Cn1c[n+](Cn2cnc(Cl)c2Cl)c(Cl)c1Cl. The Morgan fingerprint density at radius 1 is 1.04 bits per heavy atom. The number of aromatic nitrogens is 4. The van der Waals surface area contributed by atoms with Crippen molar-refractivity contribution in [3.63, 3.8) is 0 Å². The quantitative estimate of drug-likeness (QED) is 0.606. The second-order valence-corrected chi connectivity index (χ2v) is 6.26.